The van der Waals surface area contributed by atoms with Gasteiger partial charge in [0.25, 0.3) is 5.91 Å². The van der Waals surface area contributed by atoms with Crippen LogP contribution in [0.2, 0.25) is 0 Å². The second-order valence-corrected chi connectivity index (χ2v) is 14.0. The van der Waals surface area contributed by atoms with E-state index in [2.05, 4.69) is 37.4 Å². The molecule has 1 aromatic carbocycles. The van der Waals surface area contributed by atoms with Crippen molar-refractivity contribution in [2.45, 2.75) is 118 Å². The Morgan fingerprint density at radius 2 is 1.19 bits per heavy atom. The lowest BCUT2D eigenvalue weighted by molar-refractivity contribution is -0.146. The smallest absolute Gasteiger partial charge is 0.408 e. The Balaban J connectivity index is 2.92. The highest BCUT2D eigenvalue weighted by atomic mass is 16.5. The molecule has 7 amide bonds. The molecule has 0 bridgehead atoms. The van der Waals surface area contributed by atoms with Crippen LogP contribution in [0.4, 0.5) is 9.59 Å². The highest BCUT2D eigenvalue weighted by molar-refractivity contribution is 5.95. The maximum Gasteiger partial charge on any atom is 0.408 e. The van der Waals surface area contributed by atoms with E-state index < -0.39 is 71.9 Å². The number of nitrogens with one attached hydrogen (secondary N) is 7. The average Bonchev–Trinajstić information content (AvgIpc) is 3.09. The molecule has 1 aromatic rings. The second-order valence-electron chi connectivity index (χ2n) is 14.0. The lowest BCUT2D eigenvalue weighted by atomic mass is 9.97. The molecular weight excluding hydrogens is 674 g/mol. The molecule has 0 fully saturated rings. The van der Waals surface area contributed by atoms with Gasteiger partial charge >= 0.3 is 18.1 Å². The predicted octanol–water partition coefficient (Wildman–Crippen LogP) is 2.42. The summed E-state index contributed by atoms with van der Waals surface area (Å²) in [6, 6.07) is 2.95. The summed E-state index contributed by atoms with van der Waals surface area (Å²) in [4.78, 5) is 90.3. The summed E-state index contributed by atoms with van der Waals surface area (Å²) in [5.41, 5.74) is 5.30. The van der Waals surface area contributed by atoms with Gasteiger partial charge in [-0.25, -0.2) is 19.8 Å². The molecule has 1 rings (SSSR count). The zero-order valence-corrected chi connectivity index (χ0v) is 32.1. The normalized spacial score (nSPS) is 14.5. The van der Waals surface area contributed by atoms with Crippen LogP contribution in [-0.4, -0.2) is 79.0 Å². The predicted molar refractivity (Wildman–Crippen MR) is 194 cm³/mol. The molecule has 16 heteroatoms. The van der Waals surface area contributed by atoms with Crippen LogP contribution in [0.5, 0.6) is 0 Å². The van der Waals surface area contributed by atoms with Gasteiger partial charge in [-0.15, -0.1) is 0 Å². The first-order valence-corrected chi connectivity index (χ1v) is 17.7. The lowest BCUT2D eigenvalue weighted by Gasteiger charge is -2.28. The van der Waals surface area contributed by atoms with Gasteiger partial charge in [0.2, 0.25) is 17.7 Å². The van der Waals surface area contributed by atoms with Crippen molar-refractivity contribution in [2.24, 2.45) is 23.7 Å². The molecule has 0 unspecified atom stereocenters. The molecule has 6 atom stereocenters. The topological polar surface area (TPSA) is 222 Å². The molecule has 0 heterocycles. The number of ether oxygens (including phenoxy) is 2. The van der Waals surface area contributed by atoms with Crippen molar-refractivity contribution in [1.29, 1.82) is 0 Å². The van der Waals surface area contributed by atoms with E-state index in [4.69, 9.17) is 9.47 Å². The summed E-state index contributed by atoms with van der Waals surface area (Å²) in [6.07, 6.45) is 0.125. The van der Waals surface area contributed by atoms with Crippen LogP contribution < -0.4 is 37.4 Å². The Bertz CT molecular complexity index is 1340. The van der Waals surface area contributed by atoms with Gasteiger partial charge in [0.1, 0.15) is 36.8 Å². The van der Waals surface area contributed by atoms with Crippen molar-refractivity contribution < 1.29 is 43.0 Å². The number of rotatable bonds is 19. The number of hydrogen-bond acceptors (Lipinski definition) is 9. The third-order valence-electron chi connectivity index (χ3n) is 8.12. The Hall–Kier alpha value is -4.89. The fraction of sp³-hybridized carbons (Fsp3) is 0.639. The molecule has 16 nitrogen and oxygen atoms in total. The fourth-order valence-corrected chi connectivity index (χ4v) is 4.93. The minimum atomic E-state index is -1.11. The number of urea groups is 1. The molecule has 52 heavy (non-hydrogen) atoms. The van der Waals surface area contributed by atoms with Gasteiger partial charge in [0, 0.05) is 0 Å². The minimum absolute atomic E-state index is 0.0127. The summed E-state index contributed by atoms with van der Waals surface area (Å²) in [7, 11) is 1.22. The van der Waals surface area contributed by atoms with Crippen LogP contribution in [0.15, 0.2) is 30.3 Å². The fourth-order valence-electron chi connectivity index (χ4n) is 4.93. The first-order chi connectivity index (χ1) is 24.4. The molecule has 0 aliphatic carbocycles. The van der Waals surface area contributed by atoms with Crippen LogP contribution >= 0.6 is 0 Å². The highest BCUT2D eigenvalue weighted by Gasteiger charge is 2.33. The van der Waals surface area contributed by atoms with E-state index in [1.807, 2.05) is 40.7 Å². The SMILES string of the molecule is CC[C@H](C)[C@H](NC(=O)NNC(=O)[C@H](CC(C)C)NC(=O)[C@H](CC(C)C)NC(=O)[C@H](C)NC(=O)OCc1ccccc1)C(=O)N[C@H](C(=O)OC)C(C)C. The number of amides is 7. The minimum Gasteiger partial charge on any atom is -0.467 e. The van der Waals surface area contributed by atoms with Crippen molar-refractivity contribution in [1.82, 2.24) is 37.4 Å². The van der Waals surface area contributed by atoms with Gasteiger partial charge in [0.15, 0.2) is 0 Å². The average molecular weight is 734 g/mol. The van der Waals surface area contributed by atoms with Crippen LogP contribution in [0.25, 0.3) is 0 Å². The zero-order chi connectivity index (χ0) is 39.5. The molecule has 0 spiro atoms. The zero-order valence-electron chi connectivity index (χ0n) is 32.1. The lowest BCUT2D eigenvalue weighted by Crippen LogP contribution is -2.61. The Morgan fingerprint density at radius 1 is 0.635 bits per heavy atom. The van der Waals surface area contributed by atoms with E-state index in [-0.39, 0.29) is 43.1 Å². The number of benzene rings is 1. The van der Waals surface area contributed by atoms with Crippen molar-refractivity contribution >= 4 is 41.7 Å². The van der Waals surface area contributed by atoms with E-state index in [1.165, 1.54) is 14.0 Å². The number of methoxy groups -OCH3 is 1. The number of hydrazine groups is 1. The number of hydrogen-bond donors (Lipinski definition) is 7. The van der Waals surface area contributed by atoms with Crippen LogP contribution in [0.1, 0.15) is 87.1 Å². The van der Waals surface area contributed by atoms with Crippen molar-refractivity contribution in [3.8, 4) is 0 Å². The molecule has 292 valence electrons. The van der Waals surface area contributed by atoms with Gasteiger partial charge in [-0.2, -0.15) is 0 Å². The molecule has 0 aliphatic heterocycles. The van der Waals surface area contributed by atoms with Crippen LogP contribution in [0.3, 0.4) is 0 Å². The molecule has 0 radical (unpaired) electrons. The number of esters is 1. The van der Waals surface area contributed by atoms with Crippen LogP contribution in [-0.2, 0) is 40.1 Å². The van der Waals surface area contributed by atoms with Crippen molar-refractivity contribution in [2.75, 3.05) is 7.11 Å². The summed E-state index contributed by atoms with van der Waals surface area (Å²) in [5.74, 6) is -3.94. The van der Waals surface area contributed by atoms with E-state index in [1.54, 1.807) is 45.0 Å². The summed E-state index contributed by atoms with van der Waals surface area (Å²) >= 11 is 0. The third-order valence-corrected chi connectivity index (χ3v) is 8.12. The van der Waals surface area contributed by atoms with Crippen molar-refractivity contribution in [3.63, 3.8) is 0 Å². The summed E-state index contributed by atoms with van der Waals surface area (Å²) in [5, 5.41) is 13.0. The maximum absolute atomic E-state index is 13.5. The molecule has 0 saturated heterocycles. The van der Waals surface area contributed by atoms with Gasteiger partial charge in [-0.05, 0) is 49.0 Å². The maximum atomic E-state index is 13.5. The van der Waals surface area contributed by atoms with Crippen LogP contribution in [0, 0.1) is 23.7 Å². The largest absolute Gasteiger partial charge is 0.467 e. The number of alkyl carbamates (subject to hydrolysis) is 1. The van der Waals surface area contributed by atoms with Gasteiger partial charge in [0.05, 0.1) is 7.11 Å². The Kier molecular flexibility index (Phi) is 19.8. The monoisotopic (exact) mass is 733 g/mol. The van der Waals surface area contributed by atoms with E-state index in [9.17, 15) is 33.6 Å². The van der Waals surface area contributed by atoms with Crippen molar-refractivity contribution in [3.05, 3.63) is 35.9 Å². The summed E-state index contributed by atoms with van der Waals surface area (Å²) < 4.78 is 9.97. The highest BCUT2D eigenvalue weighted by Crippen LogP contribution is 2.12. The molecule has 7 N–H and O–H groups in total. The van der Waals surface area contributed by atoms with E-state index >= 15 is 0 Å². The third kappa shape index (κ3) is 16.4. The second kappa shape index (κ2) is 22.8. The molecular formula is C36H59N7O9. The molecule has 0 aromatic heterocycles. The molecule has 0 aliphatic rings. The van der Waals surface area contributed by atoms with Gasteiger partial charge < -0.3 is 36.1 Å². The van der Waals surface area contributed by atoms with Gasteiger partial charge in [-0.3, -0.25) is 24.6 Å². The Labute approximate surface area is 307 Å². The first kappa shape index (κ1) is 45.1. The molecule has 0 saturated carbocycles. The van der Waals surface area contributed by atoms with E-state index in [0.717, 1.165) is 5.56 Å². The quantitative estimate of drug-likeness (QED) is 0.0819. The summed E-state index contributed by atoms with van der Waals surface area (Å²) in [6.45, 7) is 15.9. The van der Waals surface area contributed by atoms with E-state index in [0.29, 0.717) is 6.42 Å². The standard InChI is InChI=1S/C36H59N7O9/c1-11-23(8)29(33(47)40-28(22(6)7)34(48)51-10)41-35(49)43-42-32(46)27(18-21(4)5)39-31(45)26(17-20(2)3)38-30(44)24(9)37-36(50)52-19-25-15-13-12-14-16-25/h12-16,20-24,26-29H,11,17-19H2,1-10H3,(H,37,50)(H,38,44)(H,39,45)(H,40,47)(H,42,46)(H2,41,43,49)/t23-,24-,26-,27-,28-,29-/m0/s1. The van der Waals surface area contributed by atoms with Gasteiger partial charge in [-0.1, -0.05) is 92.1 Å². The first-order valence-electron chi connectivity index (χ1n) is 17.7. The Morgan fingerprint density at radius 3 is 1.71 bits per heavy atom. The number of carbonyl (C=O) groups is 7. The number of carbonyl (C=O) groups excluding carboxylic acids is 7.